The number of rotatable bonds is 5. The zero-order valence-corrected chi connectivity index (χ0v) is 19.1. The Hall–Kier alpha value is -1.72. The summed E-state index contributed by atoms with van der Waals surface area (Å²) in [6.45, 7) is 0.588. The molecule has 1 aliphatic rings. The van der Waals surface area contributed by atoms with Crippen LogP contribution in [-0.2, 0) is 33.0 Å². The van der Waals surface area contributed by atoms with Gasteiger partial charge in [-0.1, -0.05) is 24.3 Å². The fraction of sp³-hybridized carbons (Fsp3) is 0.158. The Morgan fingerprint density at radius 2 is 1.69 bits per heavy atom. The van der Waals surface area contributed by atoms with Crippen molar-refractivity contribution in [2.75, 3.05) is 11.3 Å². The molecule has 0 spiro atoms. The number of halogens is 1. The van der Waals surface area contributed by atoms with Gasteiger partial charge in [-0.25, -0.2) is 16.8 Å². The van der Waals surface area contributed by atoms with Gasteiger partial charge in [0.05, 0.1) is 8.68 Å². The standard InChI is InChI=1S/C19H17BrN2O4S3/c20-18-8-9-19(27-18)28(23,24)21-16-7-6-14-10-11-22(13-15(14)12-16)29(25,26)17-4-2-1-3-5-17/h1-9,12,21H,10-11,13H2. The molecule has 0 saturated heterocycles. The third-order valence-electron chi connectivity index (χ3n) is 4.63. The number of hydrogen-bond donors (Lipinski definition) is 1. The van der Waals surface area contributed by atoms with E-state index >= 15 is 0 Å². The molecule has 1 aromatic heterocycles. The summed E-state index contributed by atoms with van der Waals surface area (Å²) < 4.78 is 55.9. The van der Waals surface area contributed by atoms with Gasteiger partial charge in [0.15, 0.2) is 0 Å². The van der Waals surface area contributed by atoms with Gasteiger partial charge in [0.25, 0.3) is 10.0 Å². The van der Waals surface area contributed by atoms with Gasteiger partial charge < -0.3 is 0 Å². The van der Waals surface area contributed by atoms with Gasteiger partial charge >= 0.3 is 0 Å². The first-order valence-corrected chi connectivity index (χ1v) is 13.2. The highest BCUT2D eigenvalue weighted by Crippen LogP contribution is 2.30. The Kier molecular flexibility index (Phi) is 5.56. The van der Waals surface area contributed by atoms with Crippen molar-refractivity contribution >= 4 is 53.0 Å². The van der Waals surface area contributed by atoms with E-state index in [1.807, 2.05) is 6.07 Å². The predicted octanol–water partition coefficient (Wildman–Crippen LogP) is 4.06. The average molecular weight is 513 g/mol. The first-order valence-electron chi connectivity index (χ1n) is 8.71. The van der Waals surface area contributed by atoms with Crippen molar-refractivity contribution in [3.05, 3.63) is 75.6 Å². The van der Waals surface area contributed by atoms with Gasteiger partial charge in [0, 0.05) is 18.8 Å². The Balaban J connectivity index is 1.59. The highest BCUT2D eigenvalue weighted by atomic mass is 79.9. The second kappa shape index (κ2) is 7.84. The van der Waals surface area contributed by atoms with Gasteiger partial charge in [0.2, 0.25) is 10.0 Å². The molecule has 29 heavy (non-hydrogen) atoms. The summed E-state index contributed by atoms with van der Waals surface area (Å²) in [5, 5.41) is 0. The number of thiophene rings is 1. The van der Waals surface area contributed by atoms with E-state index in [0.29, 0.717) is 18.7 Å². The summed E-state index contributed by atoms with van der Waals surface area (Å²) in [7, 11) is -7.30. The number of benzene rings is 2. The number of hydrogen-bond acceptors (Lipinski definition) is 5. The van der Waals surface area contributed by atoms with Crippen molar-refractivity contribution in [2.45, 2.75) is 22.1 Å². The van der Waals surface area contributed by atoms with Crippen LogP contribution >= 0.6 is 27.3 Å². The first kappa shape index (κ1) is 20.5. The lowest BCUT2D eigenvalue weighted by Gasteiger charge is -2.28. The maximum atomic E-state index is 12.9. The molecule has 0 saturated carbocycles. The van der Waals surface area contributed by atoms with E-state index < -0.39 is 20.0 Å². The molecule has 4 rings (SSSR count). The fourth-order valence-electron chi connectivity index (χ4n) is 3.19. The molecule has 0 atom stereocenters. The topological polar surface area (TPSA) is 83.6 Å². The second-order valence-corrected chi connectivity index (χ2v) is 12.9. The normalized spacial score (nSPS) is 15.1. The first-order chi connectivity index (χ1) is 13.8. The van der Waals surface area contributed by atoms with E-state index in [1.165, 1.54) is 10.4 Å². The van der Waals surface area contributed by atoms with E-state index in [1.54, 1.807) is 48.5 Å². The van der Waals surface area contributed by atoms with Crippen LogP contribution in [0.1, 0.15) is 11.1 Å². The molecular formula is C19H17BrN2O4S3. The second-order valence-electron chi connectivity index (χ2n) is 6.55. The Morgan fingerprint density at radius 1 is 0.931 bits per heavy atom. The number of fused-ring (bicyclic) bond motifs is 1. The van der Waals surface area contributed by atoms with Crippen LogP contribution in [0.25, 0.3) is 0 Å². The molecule has 0 amide bonds. The summed E-state index contributed by atoms with van der Waals surface area (Å²) in [6.07, 6.45) is 0.576. The van der Waals surface area contributed by atoms with E-state index in [0.717, 1.165) is 26.3 Å². The van der Waals surface area contributed by atoms with Gasteiger partial charge in [-0.15, -0.1) is 11.3 Å². The number of nitrogens with zero attached hydrogens (tertiary/aromatic N) is 1. The number of anilines is 1. The molecule has 10 heteroatoms. The van der Waals surface area contributed by atoms with Crippen molar-refractivity contribution in [3.8, 4) is 0 Å². The molecule has 0 unspecified atom stereocenters. The van der Waals surface area contributed by atoms with Crippen LogP contribution in [-0.4, -0.2) is 27.7 Å². The van der Waals surface area contributed by atoms with Crippen LogP contribution in [0.3, 0.4) is 0 Å². The smallest absolute Gasteiger partial charge is 0.271 e. The molecule has 0 bridgehead atoms. The Morgan fingerprint density at radius 3 is 2.38 bits per heavy atom. The van der Waals surface area contributed by atoms with E-state index in [4.69, 9.17) is 0 Å². The highest BCUT2D eigenvalue weighted by molar-refractivity contribution is 9.11. The van der Waals surface area contributed by atoms with Crippen LogP contribution in [0, 0.1) is 0 Å². The summed E-state index contributed by atoms with van der Waals surface area (Å²) in [4.78, 5) is 0.253. The molecule has 1 aliphatic heterocycles. The minimum absolute atomic E-state index is 0.201. The van der Waals surface area contributed by atoms with E-state index in [9.17, 15) is 16.8 Å². The maximum Gasteiger partial charge on any atom is 0.271 e. The summed E-state index contributed by atoms with van der Waals surface area (Å²) in [6, 6.07) is 16.8. The minimum Gasteiger partial charge on any atom is -0.279 e. The lowest BCUT2D eigenvalue weighted by Crippen LogP contribution is -2.36. The molecular weight excluding hydrogens is 496 g/mol. The molecule has 152 valence electrons. The van der Waals surface area contributed by atoms with Crippen LogP contribution in [0.4, 0.5) is 5.69 Å². The van der Waals surface area contributed by atoms with Gasteiger partial charge in [-0.3, -0.25) is 4.72 Å². The molecule has 3 aromatic rings. The van der Waals surface area contributed by atoms with Crippen LogP contribution in [0.15, 0.2) is 73.6 Å². The summed E-state index contributed by atoms with van der Waals surface area (Å²) in [5.74, 6) is 0. The average Bonchev–Trinajstić information content (AvgIpc) is 3.15. The minimum atomic E-state index is -3.70. The van der Waals surface area contributed by atoms with Crippen LogP contribution < -0.4 is 4.72 Å². The molecule has 0 radical (unpaired) electrons. The zero-order valence-electron chi connectivity index (χ0n) is 15.1. The van der Waals surface area contributed by atoms with Crippen molar-refractivity contribution in [1.29, 1.82) is 0 Å². The van der Waals surface area contributed by atoms with Crippen molar-refractivity contribution in [2.24, 2.45) is 0 Å². The summed E-state index contributed by atoms with van der Waals surface area (Å²) in [5.41, 5.74) is 2.22. The van der Waals surface area contributed by atoms with Gasteiger partial charge in [0.1, 0.15) is 4.21 Å². The quantitative estimate of drug-likeness (QED) is 0.558. The van der Waals surface area contributed by atoms with Crippen molar-refractivity contribution in [3.63, 3.8) is 0 Å². The van der Waals surface area contributed by atoms with E-state index in [2.05, 4.69) is 20.7 Å². The Labute approximate surface area is 182 Å². The molecule has 1 N–H and O–H groups in total. The zero-order chi connectivity index (χ0) is 20.6. The molecule has 0 aliphatic carbocycles. The number of sulfonamides is 2. The summed E-state index contributed by atoms with van der Waals surface area (Å²) >= 11 is 4.39. The van der Waals surface area contributed by atoms with Crippen LogP contribution in [0.5, 0.6) is 0 Å². The van der Waals surface area contributed by atoms with E-state index in [-0.39, 0.29) is 15.6 Å². The third-order valence-corrected chi connectivity index (χ3v) is 9.99. The van der Waals surface area contributed by atoms with Crippen molar-refractivity contribution in [1.82, 2.24) is 4.31 Å². The van der Waals surface area contributed by atoms with Gasteiger partial charge in [-0.05, 0) is 69.9 Å². The monoisotopic (exact) mass is 512 g/mol. The molecule has 2 heterocycles. The lowest BCUT2D eigenvalue weighted by atomic mass is 10.0. The lowest BCUT2D eigenvalue weighted by molar-refractivity contribution is 0.391. The maximum absolute atomic E-state index is 12.9. The largest absolute Gasteiger partial charge is 0.279 e. The number of nitrogens with one attached hydrogen (secondary N) is 1. The molecule has 6 nitrogen and oxygen atoms in total. The van der Waals surface area contributed by atoms with Crippen LogP contribution in [0.2, 0.25) is 0 Å². The predicted molar refractivity (Wildman–Crippen MR) is 117 cm³/mol. The van der Waals surface area contributed by atoms with Crippen molar-refractivity contribution < 1.29 is 16.8 Å². The third kappa shape index (κ3) is 4.26. The van der Waals surface area contributed by atoms with Gasteiger partial charge in [-0.2, -0.15) is 4.31 Å². The SMILES string of the molecule is O=S(=O)(Nc1ccc2c(c1)CN(S(=O)(=O)c1ccccc1)CC2)c1ccc(Br)s1. The molecule has 0 fully saturated rings. The Bertz CT molecular complexity index is 1260. The highest BCUT2D eigenvalue weighted by Gasteiger charge is 2.28. The fourth-order valence-corrected chi connectivity index (χ4v) is 7.69. The molecule has 2 aromatic carbocycles.